The normalized spacial score (nSPS) is 17.4. The first-order chi connectivity index (χ1) is 40.1. The molecule has 3 aromatic carbocycles. The second kappa shape index (κ2) is 23.5. The number of imide groups is 1. The van der Waals surface area contributed by atoms with Crippen LogP contribution in [0.4, 0.5) is 16.6 Å². The van der Waals surface area contributed by atoms with Gasteiger partial charge in [-0.1, -0.05) is 55.2 Å². The van der Waals surface area contributed by atoms with Crippen LogP contribution in [0, 0.1) is 12.3 Å². The lowest BCUT2D eigenvalue weighted by atomic mass is 9.61. The summed E-state index contributed by atoms with van der Waals surface area (Å²) in [6.45, 7) is 17.7. The molecule has 1 spiro atoms. The van der Waals surface area contributed by atoms with Crippen molar-refractivity contribution >= 4 is 86.8 Å². The topological polar surface area (TPSA) is 213 Å². The number of hydrogen-bond donors (Lipinski definition) is 2. The van der Waals surface area contributed by atoms with Crippen molar-refractivity contribution in [2.24, 2.45) is 12.5 Å². The maximum absolute atomic E-state index is 14.8. The Morgan fingerprint density at radius 1 is 0.917 bits per heavy atom. The summed E-state index contributed by atoms with van der Waals surface area (Å²) in [6, 6.07) is 24.2. The van der Waals surface area contributed by atoms with Crippen molar-refractivity contribution in [1.29, 1.82) is 0 Å². The van der Waals surface area contributed by atoms with Crippen molar-refractivity contribution in [1.82, 2.24) is 34.9 Å². The highest BCUT2D eigenvalue weighted by Crippen LogP contribution is 2.51. The number of carbonyl (C=O) groups excluding carboxylic acids is 5. The minimum absolute atomic E-state index is 0.00790. The standard InChI is InChI=1S/C63H74N10O9SSi/c1-38-41(13-12-15-48(38)81-40-33-63(34-40)25-29-71(30-26-63)36-52(75)65-47-20-17-43-53(44-19-22-51(74)68-58(44)76)69-70(5)56(43)57(47)79-6)42-18-21-50(67-55(42)60(78)82-62(2,3)4)72-28-24-39-23-27-64-54(45(39)35-72)59(77)73(37-80-31-32-84(7,8)9)61-66-46-14-10-11-16-49(46)83-61/h10-18,20-21,23,27,40,44H,19,22,24-26,28-37H2,1-9H3,(H,65,75)(H,68,74,76). The Labute approximate surface area is 494 Å². The van der Waals surface area contributed by atoms with Crippen LogP contribution in [0.15, 0.2) is 79.0 Å². The molecule has 2 N–H and O–H groups in total. The first-order valence-corrected chi connectivity index (χ1v) is 33.5. The Balaban J connectivity index is 0.750. The molecule has 4 amide bonds. The van der Waals surface area contributed by atoms with Crippen LogP contribution in [0.3, 0.4) is 0 Å². The lowest BCUT2D eigenvalue weighted by molar-refractivity contribution is -0.134. The monoisotopic (exact) mass is 1170 g/mol. The zero-order chi connectivity index (χ0) is 59.2. The number of carbonyl (C=O) groups is 5. The molecular formula is C63H74N10O9SSi. The molecule has 1 aliphatic carbocycles. The van der Waals surface area contributed by atoms with Crippen LogP contribution in [0.5, 0.6) is 11.5 Å². The first-order valence-electron chi connectivity index (χ1n) is 29.0. The molecule has 2 saturated heterocycles. The molecule has 440 valence electrons. The Kier molecular flexibility index (Phi) is 16.3. The van der Waals surface area contributed by atoms with Crippen LogP contribution in [0.2, 0.25) is 25.7 Å². The summed E-state index contributed by atoms with van der Waals surface area (Å²) >= 11 is 1.45. The van der Waals surface area contributed by atoms with Gasteiger partial charge in [-0.2, -0.15) is 5.10 Å². The third-order valence-electron chi connectivity index (χ3n) is 16.6. The Hall–Kier alpha value is -7.59. The molecule has 84 heavy (non-hydrogen) atoms. The number of hydrogen-bond acceptors (Lipinski definition) is 16. The van der Waals surface area contributed by atoms with Gasteiger partial charge in [-0.05, 0) is 156 Å². The predicted molar refractivity (Wildman–Crippen MR) is 327 cm³/mol. The largest absolute Gasteiger partial charge is 0.492 e. The molecule has 7 heterocycles. The maximum atomic E-state index is 14.8. The van der Waals surface area contributed by atoms with Gasteiger partial charge in [-0.3, -0.25) is 44.0 Å². The molecule has 7 aromatic rings. The summed E-state index contributed by atoms with van der Waals surface area (Å²) in [4.78, 5) is 87.9. The van der Waals surface area contributed by atoms with Gasteiger partial charge in [-0.25, -0.2) is 14.8 Å². The van der Waals surface area contributed by atoms with Gasteiger partial charge in [0.15, 0.2) is 16.6 Å². The van der Waals surface area contributed by atoms with Gasteiger partial charge in [0.25, 0.3) is 5.91 Å². The molecule has 11 rings (SSSR count). The average Bonchev–Trinajstić information content (AvgIpc) is 2.56. The van der Waals surface area contributed by atoms with Gasteiger partial charge in [0.2, 0.25) is 17.7 Å². The van der Waals surface area contributed by atoms with Gasteiger partial charge in [-0.15, -0.1) is 0 Å². The number of aryl methyl sites for hydroxylation is 1. The zero-order valence-corrected chi connectivity index (χ0v) is 51.2. The number of ether oxygens (including phenoxy) is 4. The molecule has 3 aliphatic heterocycles. The number of aromatic nitrogens is 5. The van der Waals surface area contributed by atoms with Crippen LogP contribution in [-0.2, 0) is 43.9 Å². The summed E-state index contributed by atoms with van der Waals surface area (Å²) in [5.41, 5.74) is 6.54. The SMILES string of the molecule is COc1c(NC(=O)CN2CCC3(CC2)CC(Oc2cccc(-c4ccc(N5CCc6ccnc(C(=O)N(COCC[Si](C)(C)C)c7nc8ccccc8s7)c6C5)nc4C(=O)OC(C)(C)C)c2C)C3)ccc2c(C3CCC(=O)NC3=O)nn(C)c12. The number of anilines is 3. The van der Waals surface area contributed by atoms with Crippen LogP contribution >= 0.6 is 11.3 Å². The quantitative estimate of drug-likeness (QED) is 0.0285. The molecule has 1 atom stereocenters. The maximum Gasteiger partial charge on any atom is 0.358 e. The van der Waals surface area contributed by atoms with E-state index in [0.29, 0.717) is 77.4 Å². The molecule has 1 unspecified atom stereocenters. The lowest BCUT2D eigenvalue weighted by Gasteiger charge is -2.51. The third kappa shape index (κ3) is 12.3. The molecule has 1 saturated carbocycles. The number of amides is 4. The number of benzene rings is 3. The minimum Gasteiger partial charge on any atom is -0.492 e. The molecule has 4 aromatic heterocycles. The number of thiazole rings is 1. The fourth-order valence-electron chi connectivity index (χ4n) is 12.1. The molecule has 0 radical (unpaired) electrons. The third-order valence-corrected chi connectivity index (χ3v) is 19.4. The van der Waals surface area contributed by atoms with Gasteiger partial charge < -0.3 is 29.2 Å². The van der Waals surface area contributed by atoms with Crippen LogP contribution in [0.25, 0.3) is 32.2 Å². The molecule has 19 nitrogen and oxygen atoms in total. The number of esters is 1. The Morgan fingerprint density at radius 2 is 1.70 bits per heavy atom. The fraction of sp³-hybridized carbons (Fsp3) is 0.444. The lowest BCUT2D eigenvalue weighted by Crippen LogP contribution is -2.51. The summed E-state index contributed by atoms with van der Waals surface area (Å²) < 4.78 is 27.5. The van der Waals surface area contributed by atoms with E-state index in [4.69, 9.17) is 33.9 Å². The first kappa shape index (κ1) is 58.2. The zero-order valence-electron chi connectivity index (χ0n) is 49.4. The van der Waals surface area contributed by atoms with Gasteiger partial charge in [0.05, 0.1) is 47.3 Å². The number of para-hydroxylation sites is 1. The number of nitrogens with one attached hydrogen (secondary N) is 2. The number of nitrogens with zero attached hydrogens (tertiary/aromatic N) is 8. The van der Waals surface area contributed by atoms with Crippen molar-refractivity contribution < 1.29 is 42.9 Å². The molecule has 0 bridgehead atoms. The minimum atomic E-state index is -1.39. The van der Waals surface area contributed by atoms with Crippen LogP contribution in [-0.4, -0.2) is 126 Å². The van der Waals surface area contributed by atoms with Gasteiger partial charge in [0.1, 0.15) is 35.1 Å². The Bertz CT molecular complexity index is 3670. The number of methoxy groups -OCH3 is 1. The van der Waals surface area contributed by atoms with Crippen molar-refractivity contribution in [3.05, 3.63) is 113 Å². The van der Waals surface area contributed by atoms with E-state index in [1.165, 1.54) is 11.3 Å². The van der Waals surface area contributed by atoms with Crippen molar-refractivity contribution in [3.8, 4) is 22.6 Å². The Morgan fingerprint density at radius 3 is 2.44 bits per heavy atom. The smallest absolute Gasteiger partial charge is 0.358 e. The van der Waals surface area contributed by atoms with Gasteiger partial charge in [0, 0.05) is 63.9 Å². The number of piperidine rings is 2. The fourth-order valence-corrected chi connectivity index (χ4v) is 13.8. The summed E-state index contributed by atoms with van der Waals surface area (Å²) in [5.74, 6) is -0.429. The van der Waals surface area contributed by atoms with Crippen molar-refractivity contribution in [2.75, 3.05) is 61.7 Å². The van der Waals surface area contributed by atoms with E-state index in [-0.39, 0.29) is 60.5 Å². The second-order valence-electron chi connectivity index (χ2n) is 25.0. The average molecular weight is 1180 g/mol. The predicted octanol–water partition coefficient (Wildman–Crippen LogP) is 10.2. The highest BCUT2D eigenvalue weighted by atomic mass is 32.1. The van der Waals surface area contributed by atoms with Crippen molar-refractivity contribution in [2.45, 2.75) is 122 Å². The number of rotatable bonds is 17. The molecule has 21 heteroatoms. The second-order valence-corrected chi connectivity index (χ2v) is 31.7. The van der Waals surface area contributed by atoms with Crippen molar-refractivity contribution in [3.63, 3.8) is 0 Å². The van der Waals surface area contributed by atoms with E-state index in [0.717, 1.165) is 88.4 Å². The summed E-state index contributed by atoms with van der Waals surface area (Å²) in [5, 5.41) is 11.4. The molecule has 3 fully saturated rings. The number of fused-ring (bicyclic) bond motifs is 3. The van der Waals surface area contributed by atoms with E-state index in [1.807, 2.05) is 94.4 Å². The molecular weight excluding hydrogens is 1100 g/mol. The number of pyridine rings is 2. The van der Waals surface area contributed by atoms with E-state index in [9.17, 15) is 24.0 Å². The highest BCUT2D eigenvalue weighted by Gasteiger charge is 2.47. The van der Waals surface area contributed by atoms with E-state index in [2.05, 4.69) is 45.2 Å². The highest BCUT2D eigenvalue weighted by molar-refractivity contribution is 7.22. The summed E-state index contributed by atoms with van der Waals surface area (Å²) in [7, 11) is 1.92. The van der Waals surface area contributed by atoms with Gasteiger partial charge >= 0.3 is 5.97 Å². The van der Waals surface area contributed by atoms with Crippen LogP contribution in [0.1, 0.15) is 109 Å². The molecule has 4 aliphatic rings. The van der Waals surface area contributed by atoms with E-state index in [1.54, 1.807) is 36.0 Å². The number of likely N-dealkylation sites (tertiary alicyclic amines) is 1. The summed E-state index contributed by atoms with van der Waals surface area (Å²) in [6.07, 6.45) is 6.63. The van der Waals surface area contributed by atoms with Crippen LogP contribution < -0.4 is 29.9 Å². The van der Waals surface area contributed by atoms with E-state index < -0.39 is 25.6 Å². The van der Waals surface area contributed by atoms with E-state index >= 15 is 0 Å².